The number of carboxylic acid groups (broad SMARTS) is 1. The average molecular weight is 336 g/mol. The monoisotopic (exact) mass is 335 g/mol. The Labute approximate surface area is 139 Å². The van der Waals surface area contributed by atoms with Crippen molar-refractivity contribution in [2.75, 3.05) is 11.1 Å². The van der Waals surface area contributed by atoms with Crippen LogP contribution in [0.15, 0.2) is 24.4 Å². The number of carbonyl (C=O) groups is 1. The summed E-state index contributed by atoms with van der Waals surface area (Å²) < 4.78 is 0. The molecule has 0 atom stereocenters. The number of rotatable bonds is 4. The summed E-state index contributed by atoms with van der Waals surface area (Å²) in [6.07, 6.45) is 1.34. The highest BCUT2D eigenvalue weighted by Crippen LogP contribution is 2.26. The lowest BCUT2D eigenvalue weighted by Gasteiger charge is -2.12. The number of hydrogen-bond acceptors (Lipinski definition) is 6. The molecule has 0 spiro atoms. The van der Waals surface area contributed by atoms with Crippen LogP contribution in [-0.2, 0) is 4.79 Å². The molecule has 2 aromatic rings. The molecular weight excluding hydrogens is 318 g/mol. The zero-order valence-electron chi connectivity index (χ0n) is 13.0. The molecule has 2 rings (SSSR count). The maximum Gasteiger partial charge on any atom is 0.354 e. The molecule has 5 N–H and O–H groups in total. The molecule has 0 unspecified atom stereocenters. The van der Waals surface area contributed by atoms with E-state index in [1.807, 2.05) is 20.8 Å². The topological polar surface area (TPSA) is 125 Å². The highest BCUT2D eigenvalue weighted by molar-refractivity contribution is 6.42. The zero-order chi connectivity index (χ0) is 17.6. The standard InChI is InChI=1S/C13H12ClN5O2.C2H6/c1-6-2-3-7(10(15)12(20)21)9(4-6)18-11-8(14)5-17-13(16)19-11;1-2/h2-5,15H,1H3,(H,20,21)(H3,16,17,18,19);1-2H3. The van der Waals surface area contributed by atoms with Gasteiger partial charge in [0, 0.05) is 11.3 Å². The summed E-state index contributed by atoms with van der Waals surface area (Å²) in [7, 11) is 0. The fraction of sp³-hybridized carbons (Fsp3) is 0.200. The molecule has 0 radical (unpaired) electrons. The molecule has 0 aliphatic heterocycles. The smallest absolute Gasteiger partial charge is 0.354 e. The highest BCUT2D eigenvalue weighted by atomic mass is 35.5. The third kappa shape index (κ3) is 4.65. The lowest BCUT2D eigenvalue weighted by molar-refractivity contribution is -0.129. The molecule has 0 saturated carbocycles. The van der Waals surface area contributed by atoms with Gasteiger partial charge in [0.1, 0.15) is 10.7 Å². The van der Waals surface area contributed by atoms with Gasteiger partial charge in [-0.05, 0) is 18.6 Å². The molecule has 7 nitrogen and oxygen atoms in total. The maximum atomic E-state index is 11.0. The van der Waals surface area contributed by atoms with E-state index in [-0.39, 0.29) is 22.4 Å². The third-order valence-corrected chi connectivity index (χ3v) is 2.95. The van der Waals surface area contributed by atoms with Gasteiger partial charge in [0.05, 0.1) is 6.20 Å². The second-order valence-electron chi connectivity index (χ2n) is 4.28. The summed E-state index contributed by atoms with van der Waals surface area (Å²) >= 11 is 5.97. The molecule has 8 heteroatoms. The van der Waals surface area contributed by atoms with Gasteiger partial charge in [0.15, 0.2) is 5.82 Å². The first-order valence-corrected chi connectivity index (χ1v) is 7.24. The van der Waals surface area contributed by atoms with Crippen LogP contribution in [0.2, 0.25) is 5.02 Å². The van der Waals surface area contributed by atoms with Crippen LogP contribution in [0.4, 0.5) is 17.5 Å². The molecule has 1 aromatic heterocycles. The van der Waals surface area contributed by atoms with Gasteiger partial charge in [-0.3, -0.25) is 5.41 Å². The van der Waals surface area contributed by atoms with Crippen molar-refractivity contribution in [1.29, 1.82) is 5.41 Å². The first-order chi connectivity index (χ1) is 10.9. The van der Waals surface area contributed by atoms with Crippen molar-refractivity contribution in [3.63, 3.8) is 0 Å². The van der Waals surface area contributed by atoms with Gasteiger partial charge >= 0.3 is 5.97 Å². The van der Waals surface area contributed by atoms with E-state index in [9.17, 15) is 4.79 Å². The number of nitrogens with two attached hydrogens (primary N) is 1. The van der Waals surface area contributed by atoms with E-state index < -0.39 is 11.7 Å². The van der Waals surface area contributed by atoms with Crippen molar-refractivity contribution in [3.05, 3.63) is 40.5 Å². The van der Waals surface area contributed by atoms with Crippen LogP contribution < -0.4 is 11.1 Å². The lowest BCUT2D eigenvalue weighted by atomic mass is 10.1. The van der Waals surface area contributed by atoms with E-state index in [0.29, 0.717) is 5.69 Å². The van der Waals surface area contributed by atoms with E-state index >= 15 is 0 Å². The fourth-order valence-corrected chi connectivity index (χ4v) is 1.83. The number of benzene rings is 1. The zero-order valence-corrected chi connectivity index (χ0v) is 13.8. The molecular formula is C15H18ClN5O2. The van der Waals surface area contributed by atoms with E-state index in [0.717, 1.165) is 5.56 Å². The molecule has 0 saturated heterocycles. The van der Waals surface area contributed by atoms with E-state index in [2.05, 4.69) is 15.3 Å². The first-order valence-electron chi connectivity index (χ1n) is 6.86. The summed E-state index contributed by atoms with van der Waals surface area (Å²) in [5.41, 5.74) is 6.48. The van der Waals surface area contributed by atoms with Crippen molar-refractivity contribution in [3.8, 4) is 0 Å². The van der Waals surface area contributed by atoms with E-state index in [1.54, 1.807) is 18.2 Å². The largest absolute Gasteiger partial charge is 0.477 e. The molecule has 1 heterocycles. The Balaban J connectivity index is 0.00000127. The minimum absolute atomic E-state index is 0.0319. The van der Waals surface area contributed by atoms with Gasteiger partial charge in [0.25, 0.3) is 0 Å². The molecule has 1 aromatic carbocycles. The summed E-state index contributed by atoms with van der Waals surface area (Å²) in [5, 5.41) is 19.7. The predicted octanol–water partition coefficient (Wildman–Crippen LogP) is 3.24. The Kier molecular flexibility index (Phi) is 6.47. The molecule has 0 bridgehead atoms. The number of anilines is 3. The summed E-state index contributed by atoms with van der Waals surface area (Å²) in [6, 6.07) is 4.96. The fourth-order valence-electron chi connectivity index (χ4n) is 1.69. The van der Waals surface area contributed by atoms with Gasteiger partial charge in [-0.1, -0.05) is 37.6 Å². The molecule has 0 aliphatic carbocycles. The number of aromatic nitrogens is 2. The number of halogens is 1. The summed E-state index contributed by atoms with van der Waals surface area (Å²) in [5.74, 6) is -1.05. The summed E-state index contributed by atoms with van der Waals surface area (Å²) in [6.45, 7) is 5.84. The SMILES string of the molecule is CC.Cc1ccc(C(=N)C(=O)O)c(Nc2nc(N)ncc2Cl)c1. The van der Waals surface area contributed by atoms with Gasteiger partial charge in [-0.25, -0.2) is 9.78 Å². The molecule has 0 amide bonds. The number of aliphatic carboxylic acids is 1. The molecule has 0 fully saturated rings. The number of aryl methyl sites for hydroxylation is 1. The molecule has 122 valence electrons. The Morgan fingerprint density at radius 1 is 1.39 bits per heavy atom. The predicted molar refractivity (Wildman–Crippen MR) is 91.7 cm³/mol. The Morgan fingerprint density at radius 3 is 2.65 bits per heavy atom. The highest BCUT2D eigenvalue weighted by Gasteiger charge is 2.16. The minimum atomic E-state index is -1.32. The average Bonchev–Trinajstić information content (AvgIpc) is 2.52. The number of hydrogen-bond donors (Lipinski definition) is 4. The Hall–Kier alpha value is -2.67. The number of nitrogens with one attached hydrogen (secondary N) is 2. The van der Waals surface area contributed by atoms with Crippen LogP contribution in [0.25, 0.3) is 0 Å². The molecule has 0 aliphatic rings. The van der Waals surface area contributed by atoms with Crippen LogP contribution in [0, 0.1) is 12.3 Å². The number of nitrogens with zero attached hydrogens (tertiary/aromatic N) is 2. The van der Waals surface area contributed by atoms with Crippen molar-refractivity contribution >= 4 is 40.7 Å². The van der Waals surface area contributed by atoms with Crippen LogP contribution in [0.3, 0.4) is 0 Å². The van der Waals surface area contributed by atoms with Crippen LogP contribution >= 0.6 is 11.6 Å². The molecule has 23 heavy (non-hydrogen) atoms. The maximum absolute atomic E-state index is 11.0. The second kappa shape index (κ2) is 8.09. The normalized spacial score (nSPS) is 9.57. The van der Waals surface area contributed by atoms with Crippen molar-refractivity contribution in [2.24, 2.45) is 0 Å². The Morgan fingerprint density at radius 2 is 2.04 bits per heavy atom. The van der Waals surface area contributed by atoms with Gasteiger partial charge in [0.2, 0.25) is 5.95 Å². The van der Waals surface area contributed by atoms with Crippen LogP contribution in [0.1, 0.15) is 25.0 Å². The van der Waals surface area contributed by atoms with Crippen molar-refractivity contribution < 1.29 is 9.90 Å². The quantitative estimate of drug-likeness (QED) is 0.635. The Bertz CT molecular complexity index is 734. The van der Waals surface area contributed by atoms with Crippen molar-refractivity contribution in [2.45, 2.75) is 20.8 Å². The lowest BCUT2D eigenvalue weighted by Crippen LogP contribution is -2.15. The van der Waals surface area contributed by atoms with E-state index in [4.69, 9.17) is 27.9 Å². The van der Waals surface area contributed by atoms with Crippen LogP contribution in [-0.4, -0.2) is 26.8 Å². The third-order valence-electron chi connectivity index (χ3n) is 2.67. The van der Waals surface area contributed by atoms with Gasteiger partial charge in [-0.15, -0.1) is 0 Å². The second-order valence-corrected chi connectivity index (χ2v) is 4.69. The van der Waals surface area contributed by atoms with E-state index in [1.165, 1.54) is 6.20 Å². The number of nitrogen functional groups attached to an aromatic ring is 1. The summed E-state index contributed by atoms with van der Waals surface area (Å²) in [4.78, 5) is 18.7. The minimum Gasteiger partial charge on any atom is -0.477 e. The van der Waals surface area contributed by atoms with Crippen molar-refractivity contribution in [1.82, 2.24) is 9.97 Å². The number of carboxylic acids is 1. The van der Waals surface area contributed by atoms with Gasteiger partial charge < -0.3 is 16.2 Å². The van der Waals surface area contributed by atoms with Gasteiger partial charge in [-0.2, -0.15) is 4.98 Å². The van der Waals surface area contributed by atoms with Crippen LogP contribution in [0.5, 0.6) is 0 Å². The first kappa shape index (κ1) is 18.4.